The number of nitrogens with zero attached hydrogens (tertiary/aromatic N) is 3. The zero-order valence-electron chi connectivity index (χ0n) is 15.9. The molecule has 0 aliphatic carbocycles. The fourth-order valence-electron chi connectivity index (χ4n) is 3.10. The van der Waals surface area contributed by atoms with E-state index in [4.69, 9.17) is 16.3 Å². The largest absolute Gasteiger partial charge is 0.492 e. The van der Waals surface area contributed by atoms with Crippen LogP contribution in [0.3, 0.4) is 0 Å². The van der Waals surface area contributed by atoms with Crippen LogP contribution in [0.1, 0.15) is 10.4 Å². The molecule has 2 aromatic carbocycles. The molecule has 0 unspecified atom stereocenters. The predicted octanol–water partition coefficient (Wildman–Crippen LogP) is 3.24. The number of halogens is 1. The highest BCUT2D eigenvalue weighted by Gasteiger charge is 2.22. The Kier molecular flexibility index (Phi) is 6.58. The number of carbonyl (C=O) groups excluding carboxylic acids is 1. The van der Waals surface area contributed by atoms with Crippen LogP contribution in [0.15, 0.2) is 48.5 Å². The fraction of sp³-hybridized carbons (Fsp3) is 0.381. The van der Waals surface area contributed by atoms with Crippen molar-refractivity contribution in [2.45, 2.75) is 0 Å². The second-order valence-electron chi connectivity index (χ2n) is 6.88. The molecular weight excluding hydrogens is 362 g/mol. The Balaban J connectivity index is 1.45. The molecule has 0 N–H and O–H groups in total. The van der Waals surface area contributed by atoms with Gasteiger partial charge in [0.25, 0.3) is 5.91 Å². The molecule has 0 atom stereocenters. The molecule has 0 radical (unpaired) electrons. The molecule has 0 aromatic heterocycles. The van der Waals surface area contributed by atoms with E-state index in [0.717, 1.165) is 49.7 Å². The zero-order chi connectivity index (χ0) is 19.2. The average molecular weight is 388 g/mol. The summed E-state index contributed by atoms with van der Waals surface area (Å²) in [4.78, 5) is 19.0. The number of amides is 1. The first-order valence-electron chi connectivity index (χ1n) is 9.20. The molecular formula is C21H26ClN3O2. The standard InChI is InChI=1S/C21H26ClN3O2/c1-23(2)19-5-3-4-17(16-19)21(26)25-12-10-24(11-13-25)14-15-27-20-8-6-18(22)7-9-20/h3-9,16H,10-15H2,1-2H3. The zero-order valence-corrected chi connectivity index (χ0v) is 16.7. The highest BCUT2D eigenvalue weighted by atomic mass is 35.5. The molecule has 144 valence electrons. The average Bonchev–Trinajstić information content (AvgIpc) is 2.69. The maximum absolute atomic E-state index is 12.8. The van der Waals surface area contributed by atoms with Crippen LogP contribution >= 0.6 is 11.6 Å². The Morgan fingerprint density at radius 3 is 2.44 bits per heavy atom. The maximum Gasteiger partial charge on any atom is 0.254 e. The monoisotopic (exact) mass is 387 g/mol. The summed E-state index contributed by atoms with van der Waals surface area (Å²) >= 11 is 5.88. The summed E-state index contributed by atoms with van der Waals surface area (Å²) in [5, 5.41) is 0.708. The molecule has 1 fully saturated rings. The molecule has 0 saturated carbocycles. The lowest BCUT2D eigenvalue weighted by Crippen LogP contribution is -2.49. The van der Waals surface area contributed by atoms with E-state index in [1.165, 1.54) is 0 Å². The Morgan fingerprint density at radius 1 is 1.07 bits per heavy atom. The molecule has 1 amide bonds. The summed E-state index contributed by atoms with van der Waals surface area (Å²) in [5.74, 6) is 0.935. The van der Waals surface area contributed by atoms with Crippen molar-refractivity contribution in [3.05, 3.63) is 59.1 Å². The van der Waals surface area contributed by atoms with Gasteiger partial charge in [-0.1, -0.05) is 17.7 Å². The molecule has 1 saturated heterocycles. The number of hydrogen-bond acceptors (Lipinski definition) is 4. The Bertz CT molecular complexity index is 756. The lowest BCUT2D eigenvalue weighted by atomic mass is 10.1. The van der Waals surface area contributed by atoms with Crippen LogP contribution in [-0.2, 0) is 0 Å². The van der Waals surface area contributed by atoms with E-state index in [1.807, 2.05) is 72.4 Å². The quantitative estimate of drug-likeness (QED) is 0.762. The van der Waals surface area contributed by atoms with E-state index in [9.17, 15) is 4.79 Å². The second-order valence-corrected chi connectivity index (χ2v) is 7.32. The molecule has 1 heterocycles. The molecule has 1 aliphatic rings. The van der Waals surface area contributed by atoms with Gasteiger partial charge in [-0.3, -0.25) is 9.69 Å². The van der Waals surface area contributed by atoms with Gasteiger partial charge in [-0.05, 0) is 42.5 Å². The van der Waals surface area contributed by atoms with Crippen molar-refractivity contribution in [2.75, 3.05) is 58.3 Å². The predicted molar refractivity (Wildman–Crippen MR) is 110 cm³/mol. The van der Waals surface area contributed by atoms with Crippen molar-refractivity contribution in [1.29, 1.82) is 0 Å². The number of piperazine rings is 1. The van der Waals surface area contributed by atoms with Gasteiger partial charge in [0.15, 0.2) is 0 Å². The molecule has 3 rings (SSSR count). The summed E-state index contributed by atoms with van der Waals surface area (Å²) in [6.07, 6.45) is 0. The molecule has 1 aliphatic heterocycles. The summed E-state index contributed by atoms with van der Waals surface area (Å²) in [6.45, 7) is 4.69. The van der Waals surface area contributed by atoms with Crippen LogP contribution in [0.25, 0.3) is 0 Å². The van der Waals surface area contributed by atoms with Crippen LogP contribution < -0.4 is 9.64 Å². The minimum absolute atomic E-state index is 0.107. The first-order chi connectivity index (χ1) is 13.0. The number of benzene rings is 2. The van der Waals surface area contributed by atoms with Crippen molar-refractivity contribution < 1.29 is 9.53 Å². The maximum atomic E-state index is 12.8. The summed E-state index contributed by atoms with van der Waals surface area (Å²) in [6, 6.07) is 15.2. The fourth-order valence-corrected chi connectivity index (χ4v) is 3.22. The number of hydrogen-bond donors (Lipinski definition) is 0. The van der Waals surface area contributed by atoms with Crippen molar-refractivity contribution in [3.63, 3.8) is 0 Å². The summed E-state index contributed by atoms with van der Waals surface area (Å²) < 4.78 is 5.76. The smallest absolute Gasteiger partial charge is 0.254 e. The summed E-state index contributed by atoms with van der Waals surface area (Å²) in [7, 11) is 3.96. The third kappa shape index (κ3) is 5.37. The lowest BCUT2D eigenvalue weighted by molar-refractivity contribution is 0.0620. The number of carbonyl (C=O) groups is 1. The molecule has 0 bridgehead atoms. The van der Waals surface area contributed by atoms with E-state index in [-0.39, 0.29) is 5.91 Å². The number of anilines is 1. The Morgan fingerprint density at radius 2 is 1.78 bits per heavy atom. The first kappa shape index (κ1) is 19.5. The Labute approximate surface area is 166 Å². The molecule has 6 heteroatoms. The van der Waals surface area contributed by atoms with Gasteiger partial charge in [0.1, 0.15) is 12.4 Å². The van der Waals surface area contributed by atoms with Gasteiger partial charge in [-0.15, -0.1) is 0 Å². The van der Waals surface area contributed by atoms with Crippen molar-refractivity contribution in [1.82, 2.24) is 9.80 Å². The van der Waals surface area contributed by atoms with Crippen LogP contribution in [0.5, 0.6) is 5.75 Å². The van der Waals surface area contributed by atoms with E-state index in [0.29, 0.717) is 11.6 Å². The van der Waals surface area contributed by atoms with Crippen LogP contribution in [0.2, 0.25) is 5.02 Å². The van der Waals surface area contributed by atoms with E-state index < -0.39 is 0 Å². The van der Waals surface area contributed by atoms with Crippen molar-refractivity contribution >= 4 is 23.2 Å². The lowest BCUT2D eigenvalue weighted by Gasteiger charge is -2.34. The van der Waals surface area contributed by atoms with Crippen molar-refractivity contribution in [2.24, 2.45) is 0 Å². The van der Waals surface area contributed by atoms with Gasteiger partial charge in [-0.2, -0.15) is 0 Å². The molecule has 2 aromatic rings. The SMILES string of the molecule is CN(C)c1cccc(C(=O)N2CCN(CCOc3ccc(Cl)cc3)CC2)c1. The van der Waals surface area contributed by atoms with Crippen molar-refractivity contribution in [3.8, 4) is 5.75 Å². The molecule has 27 heavy (non-hydrogen) atoms. The highest BCUT2D eigenvalue weighted by molar-refractivity contribution is 6.30. The van der Waals surface area contributed by atoms with Crippen LogP contribution in [0.4, 0.5) is 5.69 Å². The van der Waals surface area contributed by atoms with Gasteiger partial charge in [-0.25, -0.2) is 0 Å². The topological polar surface area (TPSA) is 36.0 Å². The minimum atomic E-state index is 0.107. The molecule has 0 spiro atoms. The minimum Gasteiger partial charge on any atom is -0.492 e. The third-order valence-corrected chi connectivity index (χ3v) is 5.01. The highest BCUT2D eigenvalue weighted by Crippen LogP contribution is 2.17. The van der Waals surface area contributed by atoms with Gasteiger partial charge in [0.05, 0.1) is 0 Å². The van der Waals surface area contributed by atoms with Gasteiger partial charge in [0, 0.05) is 63.1 Å². The van der Waals surface area contributed by atoms with E-state index >= 15 is 0 Å². The summed E-state index contributed by atoms with van der Waals surface area (Å²) in [5.41, 5.74) is 1.79. The van der Waals surface area contributed by atoms with Crippen LogP contribution in [0, 0.1) is 0 Å². The first-order valence-corrected chi connectivity index (χ1v) is 9.58. The van der Waals surface area contributed by atoms with E-state index in [1.54, 1.807) is 0 Å². The third-order valence-electron chi connectivity index (χ3n) is 4.76. The normalized spacial score (nSPS) is 14.9. The Hall–Kier alpha value is -2.24. The van der Waals surface area contributed by atoms with Crippen LogP contribution in [-0.4, -0.2) is 69.1 Å². The van der Waals surface area contributed by atoms with E-state index in [2.05, 4.69) is 4.90 Å². The van der Waals surface area contributed by atoms with Gasteiger partial charge in [0.2, 0.25) is 0 Å². The molecule has 5 nitrogen and oxygen atoms in total. The second kappa shape index (κ2) is 9.11. The van der Waals surface area contributed by atoms with Gasteiger partial charge >= 0.3 is 0 Å². The van der Waals surface area contributed by atoms with Gasteiger partial charge < -0.3 is 14.5 Å². The number of rotatable bonds is 6. The number of ether oxygens (including phenoxy) is 1.